The Balaban J connectivity index is 1.99. The summed E-state index contributed by atoms with van der Waals surface area (Å²) in [7, 11) is 0. The monoisotopic (exact) mass is 287 g/mol. The highest BCUT2D eigenvalue weighted by molar-refractivity contribution is 6.00. The van der Waals surface area contributed by atoms with Gasteiger partial charge in [0.25, 0.3) is 5.91 Å². The lowest BCUT2D eigenvalue weighted by Gasteiger charge is -2.34. The van der Waals surface area contributed by atoms with Gasteiger partial charge in [-0.25, -0.2) is 4.79 Å². The second-order valence-electron chi connectivity index (χ2n) is 6.19. The zero-order chi connectivity index (χ0) is 15.0. The molecule has 1 heterocycles. The van der Waals surface area contributed by atoms with Gasteiger partial charge in [-0.05, 0) is 62.6 Å². The van der Waals surface area contributed by atoms with Gasteiger partial charge in [0.2, 0.25) is 0 Å². The summed E-state index contributed by atoms with van der Waals surface area (Å²) in [6, 6.07) is 5.35. The summed E-state index contributed by atoms with van der Waals surface area (Å²) in [6.45, 7) is 2.86. The molecule has 0 aromatic heterocycles. The average Bonchev–Trinajstić information content (AvgIpc) is 3.30. The molecule has 2 fully saturated rings. The number of hydrogen-bond donors (Lipinski definition) is 1. The minimum absolute atomic E-state index is 0.00667. The van der Waals surface area contributed by atoms with E-state index in [1.165, 1.54) is 0 Å². The van der Waals surface area contributed by atoms with E-state index in [9.17, 15) is 14.7 Å². The first-order valence-electron chi connectivity index (χ1n) is 7.76. The molecule has 4 heteroatoms. The normalized spacial score (nSPS) is 22.1. The van der Waals surface area contributed by atoms with Gasteiger partial charge in [0.1, 0.15) is 0 Å². The first-order valence-corrected chi connectivity index (χ1v) is 7.76. The fraction of sp³-hybridized carbons (Fsp3) is 0.529. The van der Waals surface area contributed by atoms with Crippen LogP contribution in [-0.4, -0.2) is 34.5 Å². The van der Waals surface area contributed by atoms with Gasteiger partial charge < -0.3 is 10.0 Å². The summed E-state index contributed by atoms with van der Waals surface area (Å²) in [5.74, 6) is -0.679. The number of rotatable bonds is 3. The highest BCUT2D eigenvalue weighted by atomic mass is 16.4. The van der Waals surface area contributed by atoms with E-state index in [-0.39, 0.29) is 17.9 Å². The second kappa shape index (κ2) is 5.51. The summed E-state index contributed by atoms with van der Waals surface area (Å²) in [6.07, 6.45) is 5.20. The van der Waals surface area contributed by atoms with Gasteiger partial charge in [0, 0.05) is 18.2 Å². The van der Waals surface area contributed by atoms with Crippen LogP contribution in [0.1, 0.15) is 71.2 Å². The molecule has 21 heavy (non-hydrogen) atoms. The van der Waals surface area contributed by atoms with Crippen molar-refractivity contribution in [1.29, 1.82) is 0 Å². The van der Waals surface area contributed by atoms with Crippen molar-refractivity contribution in [1.82, 2.24) is 4.90 Å². The van der Waals surface area contributed by atoms with E-state index < -0.39 is 5.97 Å². The van der Waals surface area contributed by atoms with Crippen molar-refractivity contribution >= 4 is 11.9 Å². The predicted molar refractivity (Wildman–Crippen MR) is 79.7 cm³/mol. The summed E-state index contributed by atoms with van der Waals surface area (Å²) in [5, 5.41) is 9.39. The van der Waals surface area contributed by atoms with Crippen molar-refractivity contribution in [3.63, 3.8) is 0 Å². The molecule has 0 spiro atoms. The Labute approximate surface area is 124 Å². The van der Waals surface area contributed by atoms with E-state index in [1.807, 2.05) is 4.90 Å². The fourth-order valence-corrected chi connectivity index (χ4v) is 3.30. The first kappa shape index (κ1) is 14.1. The van der Waals surface area contributed by atoms with E-state index in [4.69, 9.17) is 0 Å². The molecule has 1 N–H and O–H groups in total. The van der Waals surface area contributed by atoms with Gasteiger partial charge >= 0.3 is 5.97 Å². The number of carboxylic acid groups (broad SMARTS) is 1. The van der Waals surface area contributed by atoms with E-state index in [2.05, 4.69) is 6.92 Å². The molecule has 1 aliphatic carbocycles. The topological polar surface area (TPSA) is 57.6 Å². The molecule has 1 saturated heterocycles. The highest BCUT2D eigenvalue weighted by Gasteiger charge is 2.34. The zero-order valence-electron chi connectivity index (χ0n) is 12.3. The maximum Gasteiger partial charge on any atom is 0.335 e. The van der Waals surface area contributed by atoms with E-state index in [0.29, 0.717) is 11.1 Å². The average molecular weight is 287 g/mol. The molecule has 1 amide bonds. The van der Waals surface area contributed by atoms with Crippen LogP contribution < -0.4 is 0 Å². The van der Waals surface area contributed by atoms with Crippen LogP contribution in [0.25, 0.3) is 0 Å². The first-order chi connectivity index (χ1) is 10.1. The number of carbonyl (C=O) groups is 2. The molecular formula is C17H21NO3. The van der Waals surface area contributed by atoms with E-state index >= 15 is 0 Å². The van der Waals surface area contributed by atoms with Crippen molar-refractivity contribution in [2.75, 3.05) is 6.54 Å². The SMILES string of the molecule is CC1CCCCN1C(=O)c1cccc(C(=O)O)c1C1CC1. The molecule has 1 atom stereocenters. The predicted octanol–water partition coefficient (Wildman–Crippen LogP) is 3.28. The molecule has 3 rings (SSSR count). The molecule has 1 unspecified atom stereocenters. The molecule has 4 nitrogen and oxygen atoms in total. The van der Waals surface area contributed by atoms with E-state index in [0.717, 1.165) is 44.2 Å². The van der Waals surface area contributed by atoms with Crippen LogP contribution in [0.4, 0.5) is 0 Å². The lowest BCUT2D eigenvalue weighted by molar-refractivity contribution is 0.0634. The molecule has 1 saturated carbocycles. The van der Waals surface area contributed by atoms with Crippen LogP contribution in [0.15, 0.2) is 18.2 Å². The Kier molecular flexibility index (Phi) is 3.70. The fourth-order valence-electron chi connectivity index (χ4n) is 3.30. The molecule has 112 valence electrons. The van der Waals surface area contributed by atoms with Crippen LogP contribution in [0.2, 0.25) is 0 Å². The summed E-state index contributed by atoms with van der Waals surface area (Å²) in [4.78, 5) is 26.2. The number of likely N-dealkylation sites (tertiary alicyclic amines) is 1. The van der Waals surface area contributed by atoms with Crippen molar-refractivity contribution in [2.24, 2.45) is 0 Å². The van der Waals surface area contributed by atoms with Gasteiger partial charge in [-0.3, -0.25) is 4.79 Å². The van der Waals surface area contributed by atoms with Gasteiger partial charge in [-0.2, -0.15) is 0 Å². The molecule has 1 aromatic carbocycles. The Morgan fingerprint density at radius 2 is 1.86 bits per heavy atom. The largest absolute Gasteiger partial charge is 0.478 e. The standard InChI is InChI=1S/C17H21NO3/c1-11-5-2-3-10-18(11)16(19)13-6-4-7-14(17(20)21)15(13)12-8-9-12/h4,6-7,11-12H,2-3,5,8-10H2,1H3,(H,20,21). The molecule has 2 aliphatic rings. The van der Waals surface area contributed by atoms with E-state index in [1.54, 1.807) is 18.2 Å². The summed E-state index contributed by atoms with van der Waals surface area (Å²) >= 11 is 0. The zero-order valence-corrected chi connectivity index (χ0v) is 12.3. The number of carboxylic acids is 1. The summed E-state index contributed by atoms with van der Waals surface area (Å²) < 4.78 is 0. The van der Waals surface area contributed by atoms with Crippen molar-refractivity contribution in [3.8, 4) is 0 Å². The second-order valence-corrected chi connectivity index (χ2v) is 6.19. The third-order valence-electron chi connectivity index (χ3n) is 4.62. The highest BCUT2D eigenvalue weighted by Crippen LogP contribution is 2.44. The number of carbonyl (C=O) groups excluding carboxylic acids is 1. The number of amides is 1. The van der Waals surface area contributed by atoms with Crippen molar-refractivity contribution < 1.29 is 14.7 Å². The van der Waals surface area contributed by atoms with Gasteiger partial charge in [0.15, 0.2) is 0 Å². The molecule has 1 aliphatic heterocycles. The van der Waals surface area contributed by atoms with Gasteiger partial charge in [-0.15, -0.1) is 0 Å². The van der Waals surface area contributed by atoms with Gasteiger partial charge in [0.05, 0.1) is 5.56 Å². The number of piperidine rings is 1. The van der Waals surface area contributed by atoms with Crippen molar-refractivity contribution in [2.45, 2.75) is 51.0 Å². The number of nitrogens with zero attached hydrogens (tertiary/aromatic N) is 1. The van der Waals surface area contributed by atoms with Crippen LogP contribution in [0, 0.1) is 0 Å². The third-order valence-corrected chi connectivity index (χ3v) is 4.62. The molecule has 0 radical (unpaired) electrons. The maximum atomic E-state index is 12.9. The number of benzene rings is 1. The Hall–Kier alpha value is -1.84. The van der Waals surface area contributed by atoms with Crippen molar-refractivity contribution in [3.05, 3.63) is 34.9 Å². The number of hydrogen-bond acceptors (Lipinski definition) is 2. The quantitative estimate of drug-likeness (QED) is 0.928. The molecule has 1 aromatic rings. The number of aromatic carboxylic acids is 1. The molecular weight excluding hydrogens is 266 g/mol. The van der Waals surface area contributed by atoms with Crippen LogP contribution in [0.5, 0.6) is 0 Å². The third kappa shape index (κ3) is 2.67. The smallest absolute Gasteiger partial charge is 0.335 e. The van der Waals surface area contributed by atoms with Crippen LogP contribution >= 0.6 is 0 Å². The maximum absolute atomic E-state index is 12.9. The Bertz CT molecular complexity index is 577. The minimum atomic E-state index is -0.932. The molecule has 0 bridgehead atoms. The lowest BCUT2D eigenvalue weighted by atomic mass is 9.94. The Morgan fingerprint density at radius 3 is 2.48 bits per heavy atom. The summed E-state index contributed by atoms with van der Waals surface area (Å²) in [5.41, 5.74) is 1.66. The van der Waals surface area contributed by atoms with Crippen LogP contribution in [-0.2, 0) is 0 Å². The Morgan fingerprint density at radius 1 is 1.14 bits per heavy atom. The van der Waals surface area contributed by atoms with Gasteiger partial charge in [-0.1, -0.05) is 6.07 Å². The minimum Gasteiger partial charge on any atom is -0.478 e. The lowest BCUT2D eigenvalue weighted by Crippen LogP contribution is -2.42. The van der Waals surface area contributed by atoms with Crippen LogP contribution in [0.3, 0.4) is 0 Å².